The molecule has 0 aliphatic carbocycles. The second kappa shape index (κ2) is 8.11. The Kier molecular flexibility index (Phi) is 6.12. The number of halogens is 1. The Labute approximate surface area is 157 Å². The van der Waals surface area contributed by atoms with Crippen molar-refractivity contribution in [2.45, 2.75) is 26.2 Å². The van der Waals surface area contributed by atoms with Gasteiger partial charge in [0, 0.05) is 24.4 Å². The molecule has 0 aliphatic heterocycles. The predicted octanol–water partition coefficient (Wildman–Crippen LogP) is 4.22. The van der Waals surface area contributed by atoms with Gasteiger partial charge in [0.25, 0.3) is 0 Å². The van der Waals surface area contributed by atoms with Crippen LogP contribution < -0.4 is 4.74 Å². The van der Waals surface area contributed by atoms with Crippen LogP contribution in [0.4, 0.5) is 0 Å². The van der Waals surface area contributed by atoms with Crippen LogP contribution in [-0.4, -0.2) is 23.7 Å². The van der Waals surface area contributed by atoms with Crippen molar-refractivity contribution in [1.82, 2.24) is 4.98 Å². The van der Waals surface area contributed by atoms with Gasteiger partial charge in [0.05, 0.1) is 24.1 Å². The molecular weight excluding hydrogens is 352 g/mol. The van der Waals surface area contributed by atoms with Gasteiger partial charge < -0.3 is 4.74 Å². The minimum absolute atomic E-state index is 0.0908. The highest BCUT2D eigenvalue weighted by molar-refractivity contribution is 6.32. The van der Waals surface area contributed by atoms with Crippen LogP contribution >= 0.6 is 11.6 Å². The quantitative estimate of drug-likeness (QED) is 0.681. The van der Waals surface area contributed by atoms with Crippen LogP contribution in [0.2, 0.25) is 5.02 Å². The van der Waals surface area contributed by atoms with Crippen molar-refractivity contribution < 1.29 is 14.3 Å². The molecule has 0 radical (unpaired) electrons. The van der Waals surface area contributed by atoms with E-state index < -0.39 is 11.3 Å². The summed E-state index contributed by atoms with van der Waals surface area (Å²) >= 11 is 6.07. The summed E-state index contributed by atoms with van der Waals surface area (Å²) in [5, 5.41) is 9.63. The first kappa shape index (κ1) is 19.6. The maximum absolute atomic E-state index is 13.0. The van der Waals surface area contributed by atoms with Gasteiger partial charge in [-0.1, -0.05) is 17.7 Å². The highest BCUT2D eigenvalue weighted by Crippen LogP contribution is 2.33. The third-order valence-electron chi connectivity index (χ3n) is 4.22. The number of nitrogens with zero attached hydrogens (tertiary/aromatic N) is 2. The molecule has 1 heterocycles. The smallest absolute Gasteiger partial charge is 0.170 e. The normalized spacial score (nSPS) is 12.1. The standard InChI is InChI=1S/C20H19ClN2O3/c1-20(2,12-22)18(24)11-15(19(25)13-6-8-23-9-7-13)14-4-5-16(21)17(10-14)26-3/h4-10,15H,11H2,1-3H3. The van der Waals surface area contributed by atoms with E-state index in [9.17, 15) is 14.9 Å². The number of nitriles is 1. The molecule has 0 saturated carbocycles. The number of carbonyl (C=O) groups is 2. The first-order valence-electron chi connectivity index (χ1n) is 8.02. The Bertz CT molecular complexity index is 857. The molecule has 0 N–H and O–H groups in total. The van der Waals surface area contributed by atoms with Gasteiger partial charge in [-0.25, -0.2) is 0 Å². The summed E-state index contributed by atoms with van der Waals surface area (Å²) in [5.41, 5.74) is -0.121. The van der Waals surface area contributed by atoms with Crippen LogP contribution in [0.3, 0.4) is 0 Å². The van der Waals surface area contributed by atoms with Gasteiger partial charge in [0.15, 0.2) is 11.6 Å². The fourth-order valence-electron chi connectivity index (χ4n) is 2.48. The summed E-state index contributed by atoms with van der Waals surface area (Å²) in [4.78, 5) is 29.5. The van der Waals surface area contributed by atoms with E-state index in [0.29, 0.717) is 21.9 Å². The van der Waals surface area contributed by atoms with E-state index in [2.05, 4.69) is 4.98 Å². The van der Waals surface area contributed by atoms with E-state index in [1.54, 1.807) is 44.2 Å². The van der Waals surface area contributed by atoms with Gasteiger partial charge in [0.1, 0.15) is 11.2 Å². The number of methoxy groups -OCH3 is 1. The number of aromatic nitrogens is 1. The zero-order valence-electron chi connectivity index (χ0n) is 14.8. The van der Waals surface area contributed by atoms with Crippen molar-refractivity contribution in [3.63, 3.8) is 0 Å². The van der Waals surface area contributed by atoms with Crippen LogP contribution in [0.1, 0.15) is 42.1 Å². The maximum atomic E-state index is 13.0. The summed E-state index contributed by atoms with van der Waals surface area (Å²) in [7, 11) is 1.48. The van der Waals surface area contributed by atoms with Gasteiger partial charge in [0.2, 0.25) is 0 Å². The number of benzene rings is 1. The second-order valence-electron chi connectivity index (χ2n) is 6.41. The first-order valence-corrected chi connectivity index (χ1v) is 8.40. The molecule has 1 atom stereocenters. The lowest BCUT2D eigenvalue weighted by atomic mass is 9.80. The Morgan fingerprint density at radius 1 is 1.27 bits per heavy atom. The molecule has 1 aromatic heterocycles. The molecule has 0 bridgehead atoms. The lowest BCUT2D eigenvalue weighted by molar-refractivity contribution is -0.124. The fourth-order valence-corrected chi connectivity index (χ4v) is 2.67. The Morgan fingerprint density at radius 2 is 1.92 bits per heavy atom. The number of pyridine rings is 1. The van der Waals surface area contributed by atoms with Gasteiger partial charge in [-0.3, -0.25) is 14.6 Å². The topological polar surface area (TPSA) is 80.0 Å². The minimum Gasteiger partial charge on any atom is -0.495 e. The molecule has 0 fully saturated rings. The number of ether oxygens (including phenoxy) is 1. The maximum Gasteiger partial charge on any atom is 0.170 e. The van der Waals surface area contributed by atoms with Crippen LogP contribution in [0.15, 0.2) is 42.7 Å². The highest BCUT2D eigenvalue weighted by atomic mass is 35.5. The number of hydrogen-bond donors (Lipinski definition) is 0. The summed E-state index contributed by atoms with van der Waals surface area (Å²) in [6.45, 7) is 3.09. The predicted molar refractivity (Wildman–Crippen MR) is 98.3 cm³/mol. The molecule has 26 heavy (non-hydrogen) atoms. The van der Waals surface area contributed by atoms with Crippen LogP contribution in [0.25, 0.3) is 0 Å². The van der Waals surface area contributed by atoms with E-state index in [0.717, 1.165) is 0 Å². The van der Waals surface area contributed by atoms with Crippen molar-refractivity contribution >= 4 is 23.2 Å². The summed E-state index contributed by atoms with van der Waals surface area (Å²) in [6.07, 6.45) is 2.95. The molecule has 6 heteroatoms. The zero-order chi connectivity index (χ0) is 19.3. The minimum atomic E-state index is -1.17. The van der Waals surface area contributed by atoms with Gasteiger partial charge in [-0.05, 0) is 43.7 Å². The first-order chi connectivity index (χ1) is 12.3. The van der Waals surface area contributed by atoms with Crippen molar-refractivity contribution in [1.29, 1.82) is 5.26 Å². The summed E-state index contributed by atoms with van der Waals surface area (Å²) < 4.78 is 5.22. The number of ketones is 2. The summed E-state index contributed by atoms with van der Waals surface area (Å²) in [6, 6.07) is 10.2. The van der Waals surface area contributed by atoms with Crippen molar-refractivity contribution in [3.05, 3.63) is 58.9 Å². The van der Waals surface area contributed by atoms with E-state index >= 15 is 0 Å². The molecule has 0 saturated heterocycles. The average Bonchev–Trinajstić information content (AvgIpc) is 2.66. The van der Waals surface area contributed by atoms with Crippen molar-refractivity contribution in [2.75, 3.05) is 7.11 Å². The Hall–Kier alpha value is -2.71. The lowest BCUT2D eigenvalue weighted by Crippen LogP contribution is -2.27. The highest BCUT2D eigenvalue weighted by Gasteiger charge is 2.33. The van der Waals surface area contributed by atoms with Crippen molar-refractivity contribution in [3.8, 4) is 11.8 Å². The molecule has 2 aromatic rings. The van der Waals surface area contributed by atoms with E-state index in [1.807, 2.05) is 6.07 Å². The van der Waals surface area contributed by atoms with Gasteiger partial charge in [-0.2, -0.15) is 5.26 Å². The third-order valence-corrected chi connectivity index (χ3v) is 4.54. The number of Topliss-reactive ketones (excluding diaryl/α,β-unsaturated/α-hetero) is 2. The molecular formula is C20H19ClN2O3. The molecule has 0 spiro atoms. The Morgan fingerprint density at radius 3 is 2.50 bits per heavy atom. The lowest BCUT2D eigenvalue weighted by Gasteiger charge is -2.21. The fraction of sp³-hybridized carbons (Fsp3) is 0.300. The van der Waals surface area contributed by atoms with Crippen LogP contribution in [-0.2, 0) is 4.79 Å². The summed E-state index contributed by atoms with van der Waals surface area (Å²) in [5.74, 6) is -0.854. The molecule has 1 aromatic carbocycles. The van der Waals surface area contributed by atoms with Gasteiger partial charge in [-0.15, -0.1) is 0 Å². The average molecular weight is 371 g/mol. The number of rotatable bonds is 7. The molecule has 5 nitrogen and oxygen atoms in total. The van der Waals surface area contributed by atoms with Gasteiger partial charge >= 0.3 is 0 Å². The van der Waals surface area contributed by atoms with E-state index in [4.69, 9.17) is 16.3 Å². The SMILES string of the molecule is COc1cc(C(CC(=O)C(C)(C)C#N)C(=O)c2ccncc2)ccc1Cl. The monoisotopic (exact) mass is 370 g/mol. The molecule has 134 valence electrons. The van der Waals surface area contributed by atoms with E-state index in [-0.39, 0.29) is 18.0 Å². The molecule has 1 unspecified atom stereocenters. The zero-order valence-corrected chi connectivity index (χ0v) is 15.6. The largest absolute Gasteiger partial charge is 0.495 e. The van der Waals surface area contributed by atoms with Crippen molar-refractivity contribution in [2.24, 2.45) is 5.41 Å². The van der Waals surface area contributed by atoms with E-state index in [1.165, 1.54) is 19.5 Å². The Balaban J connectivity index is 2.47. The number of hydrogen-bond acceptors (Lipinski definition) is 5. The van der Waals surface area contributed by atoms with Crippen LogP contribution in [0, 0.1) is 16.7 Å². The molecule has 0 aliphatic rings. The molecule has 2 rings (SSSR count). The second-order valence-corrected chi connectivity index (χ2v) is 6.82. The molecule has 0 amide bonds. The van der Waals surface area contributed by atoms with Crippen LogP contribution in [0.5, 0.6) is 5.75 Å². The third kappa shape index (κ3) is 4.27. The number of carbonyl (C=O) groups excluding carboxylic acids is 2.